The first-order valence-corrected chi connectivity index (χ1v) is 39.5. The fraction of sp³-hybridized carbons (Fsp3) is 0.943. The van der Waals surface area contributed by atoms with Gasteiger partial charge in [0, 0.05) is 25.7 Å². The maximum absolute atomic E-state index is 13.0. The number of phosphoric ester groups is 2. The third-order valence-electron chi connectivity index (χ3n) is 16.6. The SMILES string of the molecule is CCCCCCCCCCCCCCCCCCCC(=O)O[C@H](COC(=O)CCCCCCCCCCCCCCC)COP(=O)(O)OC[C@@H](O)COP(=O)(O)OC[C@@H](COC(=O)CCCCCCCCC(C)C)OC(=O)CCCCCCCCC(C)CC. The van der Waals surface area contributed by atoms with E-state index in [-0.39, 0.29) is 25.7 Å². The third-order valence-corrected chi connectivity index (χ3v) is 18.5. The van der Waals surface area contributed by atoms with Crippen LogP contribution in [-0.2, 0) is 65.4 Å². The molecule has 0 amide bonds. The van der Waals surface area contributed by atoms with Crippen LogP contribution in [0.3, 0.4) is 0 Å². The summed E-state index contributed by atoms with van der Waals surface area (Å²) in [4.78, 5) is 72.5. The van der Waals surface area contributed by atoms with E-state index in [0.717, 1.165) is 102 Å². The van der Waals surface area contributed by atoms with Gasteiger partial charge in [0.05, 0.1) is 26.4 Å². The van der Waals surface area contributed by atoms with E-state index in [0.29, 0.717) is 31.6 Å². The van der Waals surface area contributed by atoms with Gasteiger partial charge in [-0.05, 0) is 37.5 Å². The Morgan fingerprint density at radius 2 is 0.573 bits per heavy atom. The molecule has 0 aromatic heterocycles. The van der Waals surface area contributed by atoms with Crippen LogP contribution in [0.15, 0.2) is 0 Å². The molecule has 528 valence electrons. The highest BCUT2D eigenvalue weighted by atomic mass is 31.2. The molecule has 0 rings (SSSR count). The highest BCUT2D eigenvalue weighted by molar-refractivity contribution is 7.47. The van der Waals surface area contributed by atoms with Crippen LogP contribution >= 0.6 is 15.6 Å². The zero-order valence-corrected chi connectivity index (χ0v) is 59.5. The van der Waals surface area contributed by atoms with Crippen molar-refractivity contribution < 1.29 is 80.2 Å². The van der Waals surface area contributed by atoms with Gasteiger partial charge in [0.2, 0.25) is 0 Å². The van der Waals surface area contributed by atoms with Gasteiger partial charge in [-0.1, -0.05) is 305 Å². The summed E-state index contributed by atoms with van der Waals surface area (Å²) < 4.78 is 68.2. The number of esters is 4. The van der Waals surface area contributed by atoms with Crippen LogP contribution in [-0.4, -0.2) is 96.7 Å². The molecule has 0 aliphatic carbocycles. The average molecular weight is 1310 g/mol. The van der Waals surface area contributed by atoms with Gasteiger partial charge in [0.15, 0.2) is 12.2 Å². The molecule has 0 aliphatic rings. The van der Waals surface area contributed by atoms with Crippen molar-refractivity contribution in [3.05, 3.63) is 0 Å². The molecule has 0 saturated heterocycles. The smallest absolute Gasteiger partial charge is 0.462 e. The number of phosphoric acid groups is 2. The Morgan fingerprint density at radius 3 is 0.854 bits per heavy atom. The van der Waals surface area contributed by atoms with Gasteiger partial charge in [-0.15, -0.1) is 0 Å². The minimum atomic E-state index is -4.95. The van der Waals surface area contributed by atoms with Gasteiger partial charge in [-0.3, -0.25) is 37.3 Å². The number of hydrogen-bond acceptors (Lipinski definition) is 15. The fourth-order valence-electron chi connectivity index (χ4n) is 10.6. The van der Waals surface area contributed by atoms with Crippen molar-refractivity contribution in [3.8, 4) is 0 Å². The molecule has 6 atom stereocenters. The molecule has 0 aliphatic heterocycles. The lowest BCUT2D eigenvalue weighted by Crippen LogP contribution is -2.30. The number of unbranched alkanes of at least 4 members (excludes halogenated alkanes) is 38. The zero-order valence-electron chi connectivity index (χ0n) is 57.7. The van der Waals surface area contributed by atoms with E-state index < -0.39 is 97.5 Å². The number of rotatable bonds is 69. The van der Waals surface area contributed by atoms with Gasteiger partial charge in [-0.2, -0.15) is 0 Å². The van der Waals surface area contributed by atoms with Crippen LogP contribution in [0.1, 0.15) is 356 Å². The topological polar surface area (TPSA) is 237 Å². The lowest BCUT2D eigenvalue weighted by molar-refractivity contribution is -0.161. The number of ether oxygens (including phenoxy) is 4. The van der Waals surface area contributed by atoms with Crippen LogP contribution < -0.4 is 0 Å². The predicted octanol–water partition coefficient (Wildman–Crippen LogP) is 20.0. The van der Waals surface area contributed by atoms with Crippen LogP contribution in [0.25, 0.3) is 0 Å². The molecule has 0 heterocycles. The van der Waals surface area contributed by atoms with E-state index in [2.05, 4.69) is 41.5 Å². The van der Waals surface area contributed by atoms with Crippen molar-refractivity contribution in [1.29, 1.82) is 0 Å². The average Bonchev–Trinajstić information content (AvgIpc) is 3.52. The fourth-order valence-corrected chi connectivity index (χ4v) is 12.1. The summed E-state index contributed by atoms with van der Waals surface area (Å²) in [6, 6.07) is 0. The monoisotopic (exact) mass is 1310 g/mol. The summed E-state index contributed by atoms with van der Waals surface area (Å²) in [6.07, 6.45) is 47.4. The predicted molar refractivity (Wildman–Crippen MR) is 358 cm³/mol. The van der Waals surface area contributed by atoms with E-state index in [4.69, 9.17) is 37.0 Å². The third kappa shape index (κ3) is 63.2. The van der Waals surface area contributed by atoms with Crippen LogP contribution in [0.5, 0.6) is 0 Å². The van der Waals surface area contributed by atoms with Crippen LogP contribution in [0.4, 0.5) is 0 Å². The zero-order chi connectivity index (χ0) is 65.7. The van der Waals surface area contributed by atoms with Gasteiger partial charge in [0.1, 0.15) is 19.3 Å². The summed E-state index contributed by atoms with van der Waals surface area (Å²) in [7, 11) is -9.90. The van der Waals surface area contributed by atoms with E-state index in [1.807, 2.05) is 0 Å². The summed E-state index contributed by atoms with van der Waals surface area (Å²) >= 11 is 0. The van der Waals surface area contributed by atoms with Gasteiger partial charge >= 0.3 is 39.5 Å². The van der Waals surface area contributed by atoms with Gasteiger partial charge < -0.3 is 33.8 Å². The van der Waals surface area contributed by atoms with Gasteiger partial charge in [0.25, 0.3) is 0 Å². The Morgan fingerprint density at radius 1 is 0.326 bits per heavy atom. The molecule has 0 aromatic carbocycles. The second kappa shape index (κ2) is 62.2. The number of aliphatic hydroxyl groups is 1. The Bertz CT molecular complexity index is 1740. The Labute approximate surface area is 543 Å². The Hall–Kier alpha value is -1.94. The molecule has 0 fully saturated rings. The Balaban J connectivity index is 5.23. The maximum Gasteiger partial charge on any atom is 0.472 e. The van der Waals surface area contributed by atoms with E-state index in [1.54, 1.807) is 0 Å². The largest absolute Gasteiger partial charge is 0.472 e. The molecule has 0 radical (unpaired) electrons. The molecule has 0 spiro atoms. The van der Waals surface area contributed by atoms with E-state index in [1.165, 1.54) is 167 Å². The molecule has 0 bridgehead atoms. The molecule has 17 nitrogen and oxygen atoms in total. The second-order valence-corrected chi connectivity index (χ2v) is 28.9. The highest BCUT2D eigenvalue weighted by Gasteiger charge is 2.30. The van der Waals surface area contributed by atoms with Crippen molar-refractivity contribution in [2.45, 2.75) is 374 Å². The summed E-state index contributed by atoms with van der Waals surface area (Å²) in [5.74, 6) is -0.728. The quantitative estimate of drug-likeness (QED) is 0.0222. The maximum atomic E-state index is 13.0. The number of aliphatic hydroxyl groups excluding tert-OH is 1. The number of carbonyl (C=O) groups is 4. The summed E-state index contributed by atoms with van der Waals surface area (Å²) in [6.45, 7) is 9.42. The molecular formula is C70H136O17P2. The normalized spacial score (nSPS) is 14.4. The number of carbonyl (C=O) groups excluding carboxylic acids is 4. The molecule has 0 aromatic rings. The minimum absolute atomic E-state index is 0.102. The molecule has 89 heavy (non-hydrogen) atoms. The molecule has 3 unspecified atom stereocenters. The summed E-state index contributed by atoms with van der Waals surface area (Å²) in [5, 5.41) is 10.6. The van der Waals surface area contributed by atoms with Crippen molar-refractivity contribution >= 4 is 39.5 Å². The molecule has 0 saturated carbocycles. The van der Waals surface area contributed by atoms with E-state index >= 15 is 0 Å². The first kappa shape index (κ1) is 87.1. The van der Waals surface area contributed by atoms with E-state index in [9.17, 15) is 43.2 Å². The lowest BCUT2D eigenvalue weighted by atomic mass is 10.00. The molecular weight excluding hydrogens is 1170 g/mol. The second-order valence-electron chi connectivity index (χ2n) is 26.0. The van der Waals surface area contributed by atoms with Crippen molar-refractivity contribution in [1.82, 2.24) is 0 Å². The van der Waals surface area contributed by atoms with Crippen LogP contribution in [0, 0.1) is 11.8 Å². The molecule has 19 heteroatoms. The minimum Gasteiger partial charge on any atom is -0.462 e. The van der Waals surface area contributed by atoms with Crippen molar-refractivity contribution in [3.63, 3.8) is 0 Å². The van der Waals surface area contributed by atoms with Crippen LogP contribution in [0.2, 0.25) is 0 Å². The highest BCUT2D eigenvalue weighted by Crippen LogP contribution is 2.45. The van der Waals surface area contributed by atoms with Gasteiger partial charge in [-0.25, -0.2) is 9.13 Å². The molecule has 3 N–H and O–H groups in total. The standard InChI is InChI=1S/C70H136O17P2/c1-7-10-12-14-16-18-20-22-23-24-25-27-29-31-33-42-48-54-69(74)86-65(58-80-67(72)52-46-40-32-30-28-26-21-19-17-15-13-11-8-2)60-84-88(76,77)82-56-64(71)57-83-89(78,79)85-61-66(59-81-68(73)53-47-41-36-34-38-44-50-62(4)5)87-70(75)55-49-43-37-35-39-45-51-63(6)9-3/h62-66,71H,7-61H2,1-6H3,(H,76,77)(H,78,79)/t63?,64-,65-,66-/m1/s1. The van der Waals surface area contributed by atoms with Crippen molar-refractivity contribution in [2.75, 3.05) is 39.6 Å². The Kier molecular flexibility index (Phi) is 60.8. The lowest BCUT2D eigenvalue weighted by Gasteiger charge is -2.21. The first-order chi connectivity index (χ1) is 42.9. The number of hydrogen-bond donors (Lipinski definition) is 3. The first-order valence-electron chi connectivity index (χ1n) is 36.5. The van der Waals surface area contributed by atoms with Crippen molar-refractivity contribution in [2.24, 2.45) is 11.8 Å². The summed E-state index contributed by atoms with van der Waals surface area (Å²) in [5.41, 5.74) is 0.